The van der Waals surface area contributed by atoms with Gasteiger partial charge in [0.25, 0.3) is 0 Å². The topological polar surface area (TPSA) is 47.3 Å². The van der Waals surface area contributed by atoms with Crippen LogP contribution in [0.2, 0.25) is 5.02 Å². The molecule has 0 spiro atoms. The van der Waals surface area contributed by atoms with E-state index >= 15 is 0 Å². The Labute approximate surface area is 124 Å². The molecule has 1 aliphatic carbocycles. The molecule has 1 atom stereocenters. The van der Waals surface area contributed by atoms with E-state index in [1.165, 1.54) is 6.07 Å². The lowest BCUT2D eigenvalue weighted by atomic mass is 9.77. The van der Waals surface area contributed by atoms with Crippen LogP contribution in [0.3, 0.4) is 0 Å². The summed E-state index contributed by atoms with van der Waals surface area (Å²) >= 11 is 5.68. The quantitative estimate of drug-likeness (QED) is 0.601. The fourth-order valence-electron chi connectivity index (χ4n) is 2.80. The summed E-state index contributed by atoms with van der Waals surface area (Å²) in [5, 5.41) is 0.157. The molecule has 0 amide bonds. The third-order valence-electron chi connectivity index (χ3n) is 3.91. The van der Waals surface area contributed by atoms with Gasteiger partial charge in [-0.3, -0.25) is 11.3 Å². The minimum atomic E-state index is -0.375. The molecular formula is C15H22ClFN2O. The molecule has 0 aliphatic heterocycles. The number of hydrazine groups is 1. The van der Waals surface area contributed by atoms with Crippen LogP contribution in [0.25, 0.3) is 0 Å². The average Bonchev–Trinajstić information content (AvgIpc) is 2.39. The van der Waals surface area contributed by atoms with E-state index < -0.39 is 0 Å². The molecule has 0 bridgehead atoms. The number of hydrogen-bond acceptors (Lipinski definition) is 3. The highest BCUT2D eigenvalue weighted by molar-refractivity contribution is 6.30. The highest BCUT2D eigenvalue weighted by Gasteiger charge is 2.31. The number of hydrogen-bond donors (Lipinski definition) is 2. The largest absolute Gasteiger partial charge is 0.378 e. The van der Waals surface area contributed by atoms with Gasteiger partial charge in [0.15, 0.2) is 0 Å². The number of halogens is 2. The molecule has 1 aromatic rings. The van der Waals surface area contributed by atoms with E-state index in [-0.39, 0.29) is 16.9 Å². The van der Waals surface area contributed by atoms with Gasteiger partial charge in [-0.25, -0.2) is 4.39 Å². The Bertz CT molecular complexity index is 438. The summed E-state index contributed by atoms with van der Waals surface area (Å²) < 4.78 is 19.0. The molecule has 1 saturated carbocycles. The summed E-state index contributed by atoms with van der Waals surface area (Å²) in [5.41, 5.74) is 3.75. The first-order valence-corrected chi connectivity index (χ1v) is 7.51. The van der Waals surface area contributed by atoms with Crippen LogP contribution in [0, 0.1) is 11.7 Å². The van der Waals surface area contributed by atoms with Crippen LogP contribution in [0.1, 0.15) is 31.7 Å². The summed E-state index contributed by atoms with van der Waals surface area (Å²) in [6, 6.07) is 5.08. The van der Waals surface area contributed by atoms with Crippen molar-refractivity contribution in [2.75, 3.05) is 6.61 Å². The fourth-order valence-corrected chi connectivity index (χ4v) is 2.92. The summed E-state index contributed by atoms with van der Waals surface area (Å²) in [6.45, 7) is 2.80. The Morgan fingerprint density at radius 3 is 2.85 bits per heavy atom. The molecule has 3 nitrogen and oxygen atoms in total. The number of benzene rings is 1. The van der Waals surface area contributed by atoms with E-state index in [2.05, 4.69) is 5.43 Å². The molecule has 1 aliphatic rings. The van der Waals surface area contributed by atoms with Crippen molar-refractivity contribution in [2.45, 2.75) is 44.8 Å². The summed E-state index contributed by atoms with van der Waals surface area (Å²) in [5.74, 6) is 5.88. The molecule has 1 fully saturated rings. The Morgan fingerprint density at radius 2 is 2.25 bits per heavy atom. The number of nitrogens with two attached hydrogens (primary N) is 1. The van der Waals surface area contributed by atoms with Crippen LogP contribution in [0.5, 0.6) is 0 Å². The minimum Gasteiger partial charge on any atom is -0.378 e. The predicted octanol–water partition coefficient (Wildman–Crippen LogP) is 3.06. The van der Waals surface area contributed by atoms with Gasteiger partial charge < -0.3 is 4.74 Å². The number of ether oxygens (including phenoxy) is 1. The van der Waals surface area contributed by atoms with E-state index in [4.69, 9.17) is 22.2 Å². The molecule has 1 aromatic carbocycles. The van der Waals surface area contributed by atoms with Gasteiger partial charge in [-0.1, -0.05) is 17.7 Å². The average molecular weight is 301 g/mol. The Morgan fingerprint density at radius 1 is 1.50 bits per heavy atom. The molecule has 112 valence electrons. The van der Waals surface area contributed by atoms with Crippen LogP contribution >= 0.6 is 11.6 Å². The molecule has 3 N–H and O–H groups in total. The molecule has 0 saturated heterocycles. The maximum Gasteiger partial charge on any atom is 0.142 e. The summed E-state index contributed by atoms with van der Waals surface area (Å²) in [6.07, 6.45) is 4.31. The van der Waals surface area contributed by atoms with Crippen LogP contribution in [-0.2, 0) is 11.2 Å². The molecule has 0 aromatic heterocycles. The smallest absolute Gasteiger partial charge is 0.142 e. The molecule has 2 rings (SSSR count). The predicted molar refractivity (Wildman–Crippen MR) is 79.0 cm³/mol. The molecule has 20 heavy (non-hydrogen) atoms. The lowest BCUT2D eigenvalue weighted by molar-refractivity contribution is -0.0290. The lowest BCUT2D eigenvalue weighted by Crippen LogP contribution is -2.42. The van der Waals surface area contributed by atoms with E-state index in [0.717, 1.165) is 31.4 Å². The SMILES string of the molecule is CCOC1CC(CC(Cc2ccc(Cl)c(F)c2)NN)C1. The second-order valence-electron chi connectivity index (χ2n) is 5.47. The Hall–Kier alpha value is -0.680. The standard InChI is InChI=1S/C15H22ClFN2O/c1-2-20-13-7-11(8-13)6-12(19-18)5-10-3-4-14(16)15(17)9-10/h3-4,9,11-13,19H,2,5-8,18H2,1H3. The second-order valence-corrected chi connectivity index (χ2v) is 5.87. The zero-order valence-corrected chi connectivity index (χ0v) is 12.5. The van der Waals surface area contributed by atoms with Crippen LogP contribution in [0.15, 0.2) is 18.2 Å². The zero-order chi connectivity index (χ0) is 14.5. The monoisotopic (exact) mass is 300 g/mol. The van der Waals surface area contributed by atoms with Crippen molar-refractivity contribution in [2.24, 2.45) is 11.8 Å². The van der Waals surface area contributed by atoms with Gasteiger partial charge in [-0.15, -0.1) is 0 Å². The van der Waals surface area contributed by atoms with Crippen molar-refractivity contribution in [1.29, 1.82) is 0 Å². The maximum absolute atomic E-state index is 13.4. The van der Waals surface area contributed by atoms with E-state index in [1.54, 1.807) is 6.07 Å². The van der Waals surface area contributed by atoms with E-state index in [1.807, 2.05) is 13.0 Å². The van der Waals surface area contributed by atoms with Gasteiger partial charge in [0.05, 0.1) is 11.1 Å². The van der Waals surface area contributed by atoms with Gasteiger partial charge in [-0.2, -0.15) is 0 Å². The van der Waals surface area contributed by atoms with Crippen LogP contribution < -0.4 is 11.3 Å². The molecular weight excluding hydrogens is 279 g/mol. The van der Waals surface area contributed by atoms with Gasteiger partial charge in [-0.05, 0) is 56.2 Å². The van der Waals surface area contributed by atoms with Gasteiger partial charge >= 0.3 is 0 Å². The zero-order valence-electron chi connectivity index (χ0n) is 11.7. The first-order valence-electron chi connectivity index (χ1n) is 7.14. The highest BCUT2D eigenvalue weighted by atomic mass is 35.5. The van der Waals surface area contributed by atoms with Gasteiger partial charge in [0, 0.05) is 12.6 Å². The van der Waals surface area contributed by atoms with Crippen molar-refractivity contribution in [3.8, 4) is 0 Å². The normalized spacial score (nSPS) is 23.4. The Balaban J connectivity index is 1.82. The molecule has 0 heterocycles. The first kappa shape index (κ1) is 15.7. The van der Waals surface area contributed by atoms with Crippen molar-refractivity contribution in [3.05, 3.63) is 34.6 Å². The lowest BCUT2D eigenvalue weighted by Gasteiger charge is -2.37. The van der Waals surface area contributed by atoms with Crippen molar-refractivity contribution < 1.29 is 9.13 Å². The third kappa shape index (κ3) is 4.16. The third-order valence-corrected chi connectivity index (χ3v) is 4.22. The van der Waals surface area contributed by atoms with Gasteiger partial charge in [0.2, 0.25) is 0 Å². The number of nitrogens with one attached hydrogen (secondary N) is 1. The van der Waals surface area contributed by atoms with Crippen molar-refractivity contribution in [3.63, 3.8) is 0 Å². The van der Waals surface area contributed by atoms with Crippen LogP contribution in [-0.4, -0.2) is 18.8 Å². The van der Waals surface area contributed by atoms with Crippen molar-refractivity contribution >= 4 is 11.6 Å². The second kappa shape index (κ2) is 7.36. The first-order chi connectivity index (χ1) is 9.62. The summed E-state index contributed by atoms with van der Waals surface area (Å²) in [7, 11) is 0. The summed E-state index contributed by atoms with van der Waals surface area (Å²) in [4.78, 5) is 0. The number of rotatable bonds is 7. The van der Waals surface area contributed by atoms with E-state index in [9.17, 15) is 4.39 Å². The fraction of sp³-hybridized carbons (Fsp3) is 0.600. The van der Waals surface area contributed by atoms with Crippen LogP contribution in [0.4, 0.5) is 4.39 Å². The minimum absolute atomic E-state index is 0.156. The molecule has 0 radical (unpaired) electrons. The molecule has 1 unspecified atom stereocenters. The Kier molecular flexibility index (Phi) is 5.78. The highest BCUT2D eigenvalue weighted by Crippen LogP contribution is 2.34. The maximum atomic E-state index is 13.4. The van der Waals surface area contributed by atoms with Crippen molar-refractivity contribution in [1.82, 2.24) is 5.43 Å². The molecule has 5 heteroatoms. The van der Waals surface area contributed by atoms with Gasteiger partial charge in [0.1, 0.15) is 5.82 Å². The van der Waals surface area contributed by atoms with E-state index in [0.29, 0.717) is 18.4 Å².